The first-order chi connectivity index (χ1) is 15.1. The molecule has 0 aliphatic heterocycles. The van der Waals surface area contributed by atoms with Gasteiger partial charge in [-0.1, -0.05) is 48.2 Å². The van der Waals surface area contributed by atoms with E-state index in [9.17, 15) is 0 Å². The predicted octanol–water partition coefficient (Wildman–Crippen LogP) is 4.30. The molecule has 0 aliphatic carbocycles. The van der Waals surface area contributed by atoms with E-state index < -0.39 is 0 Å². The lowest BCUT2D eigenvalue weighted by atomic mass is 10.1. The summed E-state index contributed by atoms with van der Waals surface area (Å²) in [5.74, 6) is 1.65. The van der Waals surface area contributed by atoms with Crippen molar-refractivity contribution in [3.05, 3.63) is 71.5 Å². The highest BCUT2D eigenvalue weighted by atomic mass is 32.2. The van der Waals surface area contributed by atoms with Crippen LogP contribution in [-0.4, -0.2) is 29.5 Å². The third-order valence-corrected chi connectivity index (χ3v) is 5.92. The summed E-state index contributed by atoms with van der Waals surface area (Å²) >= 11 is 1.51. The topological polar surface area (TPSA) is 107 Å². The number of nitrogens with zero attached hydrogens (tertiary/aromatic N) is 6. The van der Waals surface area contributed by atoms with Crippen LogP contribution in [0.3, 0.4) is 0 Å². The van der Waals surface area contributed by atoms with Crippen LogP contribution < -0.4 is 11.1 Å². The summed E-state index contributed by atoms with van der Waals surface area (Å²) in [7, 11) is 0. The van der Waals surface area contributed by atoms with Crippen LogP contribution in [-0.2, 0) is 5.75 Å². The molecule has 2 aromatic carbocycles. The van der Waals surface area contributed by atoms with Crippen molar-refractivity contribution in [1.29, 1.82) is 0 Å². The van der Waals surface area contributed by atoms with E-state index in [1.54, 1.807) is 0 Å². The van der Waals surface area contributed by atoms with E-state index in [4.69, 9.17) is 5.73 Å². The molecule has 5 rings (SSSR count). The number of hydrogen-bond donors (Lipinski definition) is 2. The summed E-state index contributed by atoms with van der Waals surface area (Å²) in [6, 6.07) is 18.2. The summed E-state index contributed by atoms with van der Waals surface area (Å²) in [6.45, 7) is 4.10. The van der Waals surface area contributed by atoms with Gasteiger partial charge in [0.1, 0.15) is 5.82 Å². The predicted molar refractivity (Wildman–Crippen MR) is 123 cm³/mol. The molecule has 0 saturated carbocycles. The molecule has 0 bridgehead atoms. The van der Waals surface area contributed by atoms with E-state index in [2.05, 4.69) is 53.9 Å². The van der Waals surface area contributed by atoms with E-state index in [0.29, 0.717) is 17.5 Å². The quantitative estimate of drug-likeness (QED) is 0.399. The Kier molecular flexibility index (Phi) is 4.87. The Bertz CT molecular complexity index is 1410. The molecule has 0 fully saturated rings. The van der Waals surface area contributed by atoms with Crippen molar-refractivity contribution in [1.82, 2.24) is 29.5 Å². The minimum absolute atomic E-state index is 0.175. The molecule has 5 aromatic rings. The summed E-state index contributed by atoms with van der Waals surface area (Å²) in [5, 5.41) is 13.9. The number of pyridine rings is 1. The van der Waals surface area contributed by atoms with E-state index >= 15 is 0 Å². The number of fused-ring (bicyclic) bond motifs is 3. The van der Waals surface area contributed by atoms with Crippen LogP contribution in [0.5, 0.6) is 0 Å². The lowest BCUT2D eigenvalue weighted by Crippen LogP contribution is -2.07. The van der Waals surface area contributed by atoms with Crippen LogP contribution in [0, 0.1) is 13.8 Å². The van der Waals surface area contributed by atoms with Crippen molar-refractivity contribution in [2.75, 3.05) is 11.1 Å². The fourth-order valence-electron chi connectivity index (χ4n) is 3.49. The van der Waals surface area contributed by atoms with Crippen LogP contribution in [0.25, 0.3) is 16.6 Å². The van der Waals surface area contributed by atoms with Gasteiger partial charge in [0.25, 0.3) is 0 Å². The second-order valence-electron chi connectivity index (χ2n) is 7.18. The molecule has 0 aliphatic rings. The Balaban J connectivity index is 1.44. The SMILES string of the molecule is Cc1ccccc1Nc1nc(N)nc(CSc2nnc3cc(C)c4ccccc4n23)n1. The van der Waals surface area contributed by atoms with Crippen LogP contribution in [0.2, 0.25) is 0 Å². The molecule has 0 spiro atoms. The Morgan fingerprint density at radius 2 is 1.74 bits per heavy atom. The van der Waals surface area contributed by atoms with Crippen molar-refractivity contribution in [2.45, 2.75) is 24.8 Å². The molecular weight excluding hydrogens is 408 g/mol. The number of hydrogen-bond acceptors (Lipinski definition) is 8. The van der Waals surface area contributed by atoms with Crippen LogP contribution >= 0.6 is 11.8 Å². The number of thioether (sulfide) groups is 1. The molecule has 3 N–H and O–H groups in total. The highest BCUT2D eigenvalue weighted by Gasteiger charge is 2.13. The monoisotopic (exact) mass is 428 g/mol. The van der Waals surface area contributed by atoms with Crippen molar-refractivity contribution < 1.29 is 0 Å². The van der Waals surface area contributed by atoms with Gasteiger partial charge >= 0.3 is 0 Å². The summed E-state index contributed by atoms with van der Waals surface area (Å²) in [5.41, 5.74) is 11.0. The van der Waals surface area contributed by atoms with Gasteiger partial charge < -0.3 is 11.1 Å². The first-order valence-electron chi connectivity index (χ1n) is 9.78. The van der Waals surface area contributed by atoms with Gasteiger partial charge in [-0.3, -0.25) is 4.40 Å². The number of anilines is 3. The summed E-state index contributed by atoms with van der Waals surface area (Å²) in [4.78, 5) is 13.0. The van der Waals surface area contributed by atoms with Gasteiger partial charge in [0.05, 0.1) is 11.3 Å². The number of nitrogens with two attached hydrogens (primary N) is 1. The highest BCUT2D eigenvalue weighted by molar-refractivity contribution is 7.98. The molecule has 0 saturated heterocycles. The molecule has 0 radical (unpaired) electrons. The van der Waals surface area contributed by atoms with Gasteiger partial charge in [-0.25, -0.2) is 0 Å². The van der Waals surface area contributed by atoms with Gasteiger partial charge in [0.2, 0.25) is 11.9 Å². The van der Waals surface area contributed by atoms with Gasteiger partial charge in [-0.05, 0) is 43.2 Å². The maximum Gasteiger partial charge on any atom is 0.232 e. The zero-order chi connectivity index (χ0) is 21.4. The van der Waals surface area contributed by atoms with Gasteiger partial charge in [0.15, 0.2) is 10.8 Å². The van der Waals surface area contributed by atoms with Gasteiger partial charge in [-0.15, -0.1) is 10.2 Å². The van der Waals surface area contributed by atoms with Gasteiger partial charge in [-0.2, -0.15) is 15.0 Å². The lowest BCUT2D eigenvalue weighted by Gasteiger charge is -2.09. The highest BCUT2D eigenvalue weighted by Crippen LogP contribution is 2.27. The van der Waals surface area contributed by atoms with Crippen LogP contribution in [0.1, 0.15) is 17.0 Å². The second-order valence-corrected chi connectivity index (χ2v) is 8.13. The van der Waals surface area contributed by atoms with Crippen molar-refractivity contribution >= 4 is 45.9 Å². The third-order valence-electron chi connectivity index (χ3n) is 4.99. The average molecular weight is 429 g/mol. The number of rotatable bonds is 5. The zero-order valence-corrected chi connectivity index (χ0v) is 17.9. The molecule has 9 heteroatoms. The first-order valence-corrected chi connectivity index (χ1v) is 10.8. The number of nitrogen functional groups attached to an aromatic ring is 1. The van der Waals surface area contributed by atoms with Crippen molar-refractivity contribution in [3.8, 4) is 0 Å². The van der Waals surface area contributed by atoms with E-state index in [1.807, 2.05) is 49.4 Å². The molecule has 154 valence electrons. The lowest BCUT2D eigenvalue weighted by molar-refractivity contribution is 0.930. The molecule has 3 heterocycles. The molecule has 31 heavy (non-hydrogen) atoms. The van der Waals surface area contributed by atoms with E-state index in [1.165, 1.54) is 22.7 Å². The number of aryl methyl sites for hydroxylation is 2. The molecular formula is C22H20N8S. The maximum atomic E-state index is 5.94. The second kappa shape index (κ2) is 7.84. The largest absolute Gasteiger partial charge is 0.368 e. The molecule has 3 aromatic heterocycles. The molecule has 0 amide bonds. The maximum absolute atomic E-state index is 5.94. The van der Waals surface area contributed by atoms with Crippen molar-refractivity contribution in [3.63, 3.8) is 0 Å². The zero-order valence-electron chi connectivity index (χ0n) is 17.1. The minimum atomic E-state index is 0.175. The molecule has 0 atom stereocenters. The first kappa shape index (κ1) is 19.3. The number of benzene rings is 2. The van der Waals surface area contributed by atoms with E-state index in [0.717, 1.165) is 27.6 Å². The normalized spacial score (nSPS) is 11.3. The minimum Gasteiger partial charge on any atom is -0.368 e. The number of nitrogens with one attached hydrogen (secondary N) is 1. The number of para-hydroxylation sites is 2. The standard InChI is InChI=1S/C22H20N8S/c1-13-7-3-5-9-16(13)24-21-26-18(25-20(23)27-21)12-31-22-29-28-19-11-14(2)15-8-4-6-10-17(15)30(19)22/h3-11H,12H2,1-2H3,(H3,23,24,25,26,27). The fraction of sp³-hybridized carbons (Fsp3) is 0.136. The van der Waals surface area contributed by atoms with Gasteiger partial charge in [0, 0.05) is 11.1 Å². The van der Waals surface area contributed by atoms with E-state index in [-0.39, 0.29) is 5.95 Å². The van der Waals surface area contributed by atoms with Crippen molar-refractivity contribution in [2.24, 2.45) is 0 Å². The third kappa shape index (κ3) is 3.75. The summed E-state index contributed by atoms with van der Waals surface area (Å²) in [6.07, 6.45) is 0. The smallest absolute Gasteiger partial charge is 0.232 e. The Hall–Kier alpha value is -3.72. The average Bonchev–Trinajstić information content (AvgIpc) is 3.17. The van der Waals surface area contributed by atoms with Crippen LogP contribution in [0.15, 0.2) is 59.8 Å². The Morgan fingerprint density at radius 3 is 2.61 bits per heavy atom. The molecule has 8 nitrogen and oxygen atoms in total. The Morgan fingerprint density at radius 1 is 0.935 bits per heavy atom. The number of aromatic nitrogens is 6. The summed E-state index contributed by atoms with van der Waals surface area (Å²) < 4.78 is 2.06. The Labute approximate surface area is 183 Å². The molecule has 0 unspecified atom stereocenters. The van der Waals surface area contributed by atoms with Crippen LogP contribution in [0.4, 0.5) is 17.6 Å². The fourth-order valence-corrected chi connectivity index (χ4v) is 4.30.